The number of hydrogen-bond donors (Lipinski definition) is 1. The van der Waals surface area contributed by atoms with Crippen LogP contribution in [0.15, 0.2) is 23.6 Å². The van der Waals surface area contributed by atoms with Gasteiger partial charge >= 0.3 is 0 Å². The van der Waals surface area contributed by atoms with Crippen molar-refractivity contribution in [2.24, 2.45) is 5.92 Å². The molecule has 1 N–H and O–H groups in total. The van der Waals surface area contributed by atoms with Gasteiger partial charge in [0.05, 0.1) is 26.3 Å². The maximum absolute atomic E-state index is 12.7. The molecule has 1 aromatic carbocycles. The molecule has 2 heterocycles. The highest BCUT2D eigenvalue weighted by molar-refractivity contribution is 7.13. The normalized spacial score (nSPS) is 17.0. The van der Waals surface area contributed by atoms with E-state index in [1.807, 2.05) is 35.5 Å². The van der Waals surface area contributed by atoms with Crippen LogP contribution in [0.1, 0.15) is 18.5 Å². The number of benzene rings is 1. The quantitative estimate of drug-likeness (QED) is 0.789. The molecule has 0 saturated carbocycles. The van der Waals surface area contributed by atoms with Gasteiger partial charge in [0, 0.05) is 24.0 Å². The number of likely N-dealkylation sites (tertiary alicyclic amines) is 1. The fourth-order valence-electron chi connectivity index (χ4n) is 3.50. The molecule has 146 valence electrons. The highest BCUT2D eigenvalue weighted by Crippen LogP contribution is 2.33. The molecule has 1 aliphatic rings. The highest BCUT2D eigenvalue weighted by Gasteiger charge is 2.23. The van der Waals surface area contributed by atoms with E-state index in [-0.39, 0.29) is 5.91 Å². The number of hydrogen-bond acceptors (Lipinski definition) is 6. The van der Waals surface area contributed by atoms with Gasteiger partial charge in [0.15, 0.2) is 11.5 Å². The van der Waals surface area contributed by atoms with Crippen molar-refractivity contribution in [1.82, 2.24) is 15.2 Å². The monoisotopic (exact) mass is 389 g/mol. The van der Waals surface area contributed by atoms with Crippen LogP contribution in [0.5, 0.6) is 11.5 Å². The predicted molar refractivity (Wildman–Crippen MR) is 108 cm³/mol. The van der Waals surface area contributed by atoms with E-state index in [1.54, 1.807) is 25.6 Å². The number of methoxy groups -OCH3 is 2. The van der Waals surface area contributed by atoms with Gasteiger partial charge in [0.1, 0.15) is 5.01 Å². The zero-order valence-electron chi connectivity index (χ0n) is 16.2. The van der Waals surface area contributed by atoms with Crippen molar-refractivity contribution < 1.29 is 14.3 Å². The molecular formula is C20H27N3O3S. The lowest BCUT2D eigenvalue weighted by molar-refractivity contribution is -0.132. The second-order valence-corrected chi connectivity index (χ2v) is 7.65. The van der Waals surface area contributed by atoms with Crippen molar-refractivity contribution in [3.63, 3.8) is 0 Å². The van der Waals surface area contributed by atoms with E-state index >= 15 is 0 Å². The minimum Gasteiger partial charge on any atom is -0.493 e. The van der Waals surface area contributed by atoms with E-state index in [2.05, 4.69) is 10.3 Å². The average Bonchev–Trinajstić information content (AvgIpc) is 3.16. The van der Waals surface area contributed by atoms with Crippen LogP contribution in [0, 0.1) is 5.92 Å². The Bertz CT molecular complexity index is 776. The number of amides is 1. The van der Waals surface area contributed by atoms with Gasteiger partial charge in [-0.25, -0.2) is 4.98 Å². The summed E-state index contributed by atoms with van der Waals surface area (Å²) in [6.45, 7) is 2.65. The van der Waals surface area contributed by atoms with E-state index < -0.39 is 0 Å². The zero-order valence-corrected chi connectivity index (χ0v) is 17.0. The first kappa shape index (κ1) is 19.6. The first-order valence-electron chi connectivity index (χ1n) is 9.23. The molecule has 0 aliphatic carbocycles. The molecule has 1 unspecified atom stereocenters. The molecule has 1 fully saturated rings. The lowest BCUT2D eigenvalue weighted by Crippen LogP contribution is -2.43. The van der Waals surface area contributed by atoms with E-state index in [4.69, 9.17) is 9.47 Å². The summed E-state index contributed by atoms with van der Waals surface area (Å²) in [5.41, 5.74) is 1.79. The Morgan fingerprint density at radius 1 is 1.33 bits per heavy atom. The van der Waals surface area contributed by atoms with Gasteiger partial charge in [-0.2, -0.15) is 0 Å². The number of carbonyl (C=O) groups excluding carboxylic acids is 1. The summed E-state index contributed by atoms with van der Waals surface area (Å²) in [5, 5.41) is 6.07. The van der Waals surface area contributed by atoms with Crippen LogP contribution in [0.2, 0.25) is 0 Å². The van der Waals surface area contributed by atoms with Crippen molar-refractivity contribution in [2.75, 3.05) is 40.9 Å². The lowest BCUT2D eigenvalue weighted by atomic mass is 9.97. The maximum atomic E-state index is 12.7. The molecule has 1 atom stereocenters. The van der Waals surface area contributed by atoms with Crippen molar-refractivity contribution >= 4 is 17.2 Å². The van der Waals surface area contributed by atoms with Gasteiger partial charge in [-0.15, -0.1) is 11.3 Å². The van der Waals surface area contributed by atoms with Gasteiger partial charge in [-0.1, -0.05) is 0 Å². The Kier molecular flexibility index (Phi) is 6.68. The number of carbonyl (C=O) groups is 1. The molecule has 27 heavy (non-hydrogen) atoms. The van der Waals surface area contributed by atoms with Crippen molar-refractivity contribution in [2.45, 2.75) is 19.3 Å². The Morgan fingerprint density at radius 3 is 2.89 bits per heavy atom. The van der Waals surface area contributed by atoms with Gasteiger partial charge in [-0.05, 0) is 50.6 Å². The highest BCUT2D eigenvalue weighted by atomic mass is 32.1. The molecule has 6 nitrogen and oxygen atoms in total. The molecule has 0 radical (unpaired) electrons. The van der Waals surface area contributed by atoms with Gasteiger partial charge in [0.25, 0.3) is 0 Å². The predicted octanol–water partition coefficient (Wildman–Crippen LogP) is 2.83. The third-order valence-electron chi connectivity index (χ3n) is 4.88. The molecule has 1 saturated heterocycles. The van der Waals surface area contributed by atoms with Gasteiger partial charge in [0.2, 0.25) is 5.91 Å². The summed E-state index contributed by atoms with van der Waals surface area (Å²) in [6, 6.07) is 5.74. The molecule has 0 spiro atoms. The molecule has 1 aliphatic heterocycles. The van der Waals surface area contributed by atoms with Crippen LogP contribution in [0.25, 0.3) is 10.6 Å². The first-order chi connectivity index (χ1) is 13.1. The second-order valence-electron chi connectivity index (χ2n) is 6.80. The largest absolute Gasteiger partial charge is 0.493 e. The van der Waals surface area contributed by atoms with E-state index in [9.17, 15) is 4.79 Å². The number of piperidine rings is 1. The summed E-state index contributed by atoms with van der Waals surface area (Å²) >= 11 is 1.54. The number of rotatable bonds is 7. The summed E-state index contributed by atoms with van der Waals surface area (Å²) in [5.74, 6) is 2.08. The van der Waals surface area contributed by atoms with Gasteiger partial charge in [-0.3, -0.25) is 4.79 Å². The minimum atomic E-state index is 0.167. The fraction of sp³-hybridized carbons (Fsp3) is 0.500. The summed E-state index contributed by atoms with van der Waals surface area (Å²) < 4.78 is 10.6. The summed E-state index contributed by atoms with van der Waals surface area (Å²) in [4.78, 5) is 19.3. The smallest absolute Gasteiger partial charge is 0.228 e. The van der Waals surface area contributed by atoms with Gasteiger partial charge < -0.3 is 19.7 Å². The minimum absolute atomic E-state index is 0.167. The number of nitrogens with one attached hydrogen (secondary N) is 1. The SMILES string of the molecule is CNCC1CCCN(C(=O)Cc2csc(-c3ccc(OC)c(OC)c3)n2)C1. The molecule has 1 aromatic heterocycles. The molecule has 3 rings (SSSR count). The Morgan fingerprint density at radius 2 is 2.15 bits per heavy atom. The number of thiazole rings is 1. The van der Waals surface area contributed by atoms with E-state index in [0.29, 0.717) is 23.8 Å². The second kappa shape index (κ2) is 9.19. The molecule has 7 heteroatoms. The first-order valence-corrected chi connectivity index (χ1v) is 10.1. The lowest BCUT2D eigenvalue weighted by Gasteiger charge is -2.32. The molecule has 2 aromatic rings. The Labute approximate surface area is 164 Å². The van der Waals surface area contributed by atoms with Crippen molar-refractivity contribution in [3.8, 4) is 22.1 Å². The number of ether oxygens (including phenoxy) is 2. The van der Waals surface area contributed by atoms with Crippen molar-refractivity contribution in [3.05, 3.63) is 29.3 Å². The molecular weight excluding hydrogens is 362 g/mol. The zero-order chi connectivity index (χ0) is 19.2. The third-order valence-corrected chi connectivity index (χ3v) is 5.82. The number of aromatic nitrogens is 1. The van der Waals surface area contributed by atoms with Crippen LogP contribution in [-0.4, -0.2) is 56.7 Å². The standard InChI is InChI=1S/C20H27N3O3S/c1-21-11-14-5-4-8-23(12-14)19(24)10-16-13-27-20(22-16)15-6-7-17(25-2)18(9-15)26-3/h6-7,9,13-14,21H,4-5,8,10-12H2,1-3H3. The van der Waals surface area contributed by atoms with E-state index in [1.165, 1.54) is 6.42 Å². The molecule has 1 amide bonds. The molecule has 0 bridgehead atoms. The summed E-state index contributed by atoms with van der Waals surface area (Å²) in [6.07, 6.45) is 2.62. The number of nitrogens with zero attached hydrogens (tertiary/aromatic N) is 2. The van der Waals surface area contributed by atoms with Crippen LogP contribution < -0.4 is 14.8 Å². The average molecular weight is 390 g/mol. The van der Waals surface area contributed by atoms with Crippen LogP contribution in [0.4, 0.5) is 0 Å². The van der Waals surface area contributed by atoms with Crippen LogP contribution >= 0.6 is 11.3 Å². The maximum Gasteiger partial charge on any atom is 0.228 e. The third kappa shape index (κ3) is 4.78. The van der Waals surface area contributed by atoms with Crippen molar-refractivity contribution in [1.29, 1.82) is 0 Å². The topological polar surface area (TPSA) is 63.7 Å². The van der Waals surface area contributed by atoms with Crippen LogP contribution in [0.3, 0.4) is 0 Å². The fourth-order valence-corrected chi connectivity index (χ4v) is 4.32. The van der Waals surface area contributed by atoms with E-state index in [0.717, 1.165) is 42.3 Å². The van der Waals surface area contributed by atoms with Crippen LogP contribution in [-0.2, 0) is 11.2 Å². The Hall–Kier alpha value is -2.12. The Balaban J connectivity index is 1.66. The summed E-state index contributed by atoms with van der Waals surface area (Å²) in [7, 11) is 5.20.